The normalized spacial score (nSPS) is 22.6. The zero-order valence-corrected chi connectivity index (χ0v) is 13.0. The molecule has 0 amide bonds. The molecular weight excluding hydrogens is 295 g/mol. The molecule has 2 unspecified atom stereocenters. The molecule has 118 valence electrons. The van der Waals surface area contributed by atoms with Crippen molar-refractivity contribution in [3.05, 3.63) is 29.6 Å². The fourth-order valence-electron chi connectivity index (χ4n) is 2.62. The Morgan fingerprint density at radius 1 is 1.38 bits per heavy atom. The minimum Gasteiger partial charge on any atom is -0.381 e. The van der Waals surface area contributed by atoms with E-state index in [0.29, 0.717) is 24.9 Å². The van der Waals surface area contributed by atoms with Crippen LogP contribution >= 0.6 is 0 Å². The van der Waals surface area contributed by atoms with Gasteiger partial charge in [-0.2, -0.15) is 0 Å². The van der Waals surface area contributed by atoms with Crippen LogP contribution in [0.25, 0.3) is 0 Å². The summed E-state index contributed by atoms with van der Waals surface area (Å²) in [6.45, 7) is 0.489. The van der Waals surface area contributed by atoms with E-state index in [1.54, 1.807) is 20.2 Å². The Morgan fingerprint density at radius 2 is 2.14 bits per heavy atom. The van der Waals surface area contributed by atoms with Crippen molar-refractivity contribution >= 4 is 10.0 Å². The molecule has 2 N–H and O–H groups in total. The van der Waals surface area contributed by atoms with Gasteiger partial charge < -0.3 is 10.1 Å². The van der Waals surface area contributed by atoms with Gasteiger partial charge >= 0.3 is 0 Å². The van der Waals surface area contributed by atoms with Crippen LogP contribution in [-0.4, -0.2) is 34.7 Å². The van der Waals surface area contributed by atoms with Crippen molar-refractivity contribution in [2.45, 2.75) is 42.8 Å². The van der Waals surface area contributed by atoms with E-state index in [-0.39, 0.29) is 17.0 Å². The van der Waals surface area contributed by atoms with Crippen molar-refractivity contribution in [2.75, 3.05) is 14.2 Å². The standard InChI is InChI=1S/C14H21FN2O3S/c1-16-9-10-3-6-14(13(15)7-10)21(18,19)17-11-4-5-12(8-11)20-2/h3,6-7,11-12,16-17H,4-5,8-9H2,1-2H3. The van der Waals surface area contributed by atoms with Crippen LogP contribution in [0.15, 0.2) is 23.1 Å². The highest BCUT2D eigenvalue weighted by Gasteiger charge is 2.29. The van der Waals surface area contributed by atoms with E-state index in [9.17, 15) is 12.8 Å². The maximum absolute atomic E-state index is 14.0. The monoisotopic (exact) mass is 316 g/mol. The molecule has 1 aromatic carbocycles. The lowest BCUT2D eigenvalue weighted by molar-refractivity contribution is 0.107. The van der Waals surface area contributed by atoms with Gasteiger partial charge in [0.2, 0.25) is 10.0 Å². The van der Waals surface area contributed by atoms with Crippen LogP contribution in [0, 0.1) is 5.82 Å². The molecule has 1 saturated carbocycles. The molecule has 0 aliphatic heterocycles. The summed E-state index contributed by atoms with van der Waals surface area (Å²) in [5.41, 5.74) is 0.703. The number of halogens is 1. The van der Waals surface area contributed by atoms with Gasteiger partial charge in [-0.25, -0.2) is 17.5 Å². The smallest absolute Gasteiger partial charge is 0.243 e. The molecular formula is C14H21FN2O3S. The zero-order chi connectivity index (χ0) is 15.5. The average molecular weight is 316 g/mol. The van der Waals surface area contributed by atoms with E-state index < -0.39 is 15.8 Å². The number of ether oxygens (including phenoxy) is 1. The quantitative estimate of drug-likeness (QED) is 0.832. The second kappa shape index (κ2) is 6.83. The Hall–Kier alpha value is -1.02. The second-order valence-corrected chi connectivity index (χ2v) is 6.97. The van der Waals surface area contributed by atoms with Gasteiger partial charge in [0.05, 0.1) is 6.10 Å². The Morgan fingerprint density at radius 3 is 2.71 bits per heavy atom. The van der Waals surface area contributed by atoms with Gasteiger partial charge in [-0.1, -0.05) is 6.07 Å². The van der Waals surface area contributed by atoms with E-state index in [1.807, 2.05) is 0 Å². The first-order chi connectivity index (χ1) is 9.96. The SMILES string of the molecule is CNCc1ccc(S(=O)(=O)NC2CCC(OC)C2)c(F)c1. The molecule has 1 aliphatic carbocycles. The lowest BCUT2D eigenvalue weighted by Crippen LogP contribution is -2.34. The number of nitrogens with one attached hydrogen (secondary N) is 2. The summed E-state index contributed by atoms with van der Waals surface area (Å²) in [4.78, 5) is -0.303. The van der Waals surface area contributed by atoms with Crippen LogP contribution in [0.5, 0.6) is 0 Å². The van der Waals surface area contributed by atoms with E-state index in [2.05, 4.69) is 10.0 Å². The summed E-state index contributed by atoms with van der Waals surface area (Å²) in [6, 6.07) is 3.97. The highest BCUT2D eigenvalue weighted by molar-refractivity contribution is 7.89. The Kier molecular flexibility index (Phi) is 5.32. The van der Waals surface area contributed by atoms with Crippen LogP contribution in [0.4, 0.5) is 4.39 Å². The Labute approximate surface area is 124 Å². The molecule has 1 fully saturated rings. The van der Waals surface area contributed by atoms with Crippen molar-refractivity contribution in [2.24, 2.45) is 0 Å². The topological polar surface area (TPSA) is 67.4 Å². The lowest BCUT2D eigenvalue weighted by Gasteiger charge is -2.14. The summed E-state index contributed by atoms with van der Waals surface area (Å²) in [5, 5.41) is 2.89. The van der Waals surface area contributed by atoms with Crippen LogP contribution in [0.2, 0.25) is 0 Å². The molecule has 0 aromatic heterocycles. The van der Waals surface area contributed by atoms with Gasteiger partial charge in [-0.3, -0.25) is 0 Å². The Bertz CT molecular complexity index is 592. The molecule has 1 aliphatic rings. The van der Waals surface area contributed by atoms with Gasteiger partial charge in [-0.05, 0) is 44.0 Å². The summed E-state index contributed by atoms with van der Waals surface area (Å²) in [6.07, 6.45) is 2.21. The predicted octanol–water partition coefficient (Wildman–Crippen LogP) is 1.39. The van der Waals surface area contributed by atoms with Crippen molar-refractivity contribution < 1.29 is 17.5 Å². The summed E-state index contributed by atoms with van der Waals surface area (Å²) < 4.78 is 46.3. The first-order valence-electron chi connectivity index (χ1n) is 6.94. The van der Waals surface area contributed by atoms with E-state index >= 15 is 0 Å². The molecule has 0 heterocycles. The number of hydrogen-bond acceptors (Lipinski definition) is 4. The molecule has 21 heavy (non-hydrogen) atoms. The summed E-state index contributed by atoms with van der Waals surface area (Å²) in [7, 11) is -0.479. The third-order valence-corrected chi connectivity index (χ3v) is 5.26. The first kappa shape index (κ1) is 16.4. The number of methoxy groups -OCH3 is 1. The number of rotatable bonds is 6. The van der Waals surface area contributed by atoms with Crippen molar-refractivity contribution in [1.29, 1.82) is 0 Å². The van der Waals surface area contributed by atoms with E-state index in [0.717, 1.165) is 6.42 Å². The van der Waals surface area contributed by atoms with Crippen LogP contribution in [0.1, 0.15) is 24.8 Å². The lowest BCUT2D eigenvalue weighted by atomic mass is 10.2. The highest BCUT2D eigenvalue weighted by Crippen LogP contribution is 2.24. The van der Waals surface area contributed by atoms with Crippen LogP contribution in [-0.2, 0) is 21.3 Å². The molecule has 0 bridgehead atoms. The number of sulfonamides is 1. The molecule has 7 heteroatoms. The minimum atomic E-state index is -3.84. The van der Waals surface area contributed by atoms with Gasteiger partial charge in [0, 0.05) is 19.7 Å². The van der Waals surface area contributed by atoms with Crippen molar-refractivity contribution in [3.63, 3.8) is 0 Å². The second-order valence-electron chi connectivity index (χ2n) is 5.28. The van der Waals surface area contributed by atoms with Gasteiger partial charge in [0.15, 0.2) is 0 Å². The fourth-order valence-corrected chi connectivity index (χ4v) is 3.96. The molecule has 2 rings (SSSR count). The Balaban J connectivity index is 2.12. The van der Waals surface area contributed by atoms with Crippen LogP contribution < -0.4 is 10.0 Å². The molecule has 0 spiro atoms. The highest BCUT2D eigenvalue weighted by atomic mass is 32.2. The molecule has 2 atom stereocenters. The van der Waals surface area contributed by atoms with Crippen molar-refractivity contribution in [3.8, 4) is 0 Å². The number of hydrogen-bond donors (Lipinski definition) is 2. The molecule has 0 radical (unpaired) electrons. The maximum atomic E-state index is 14.0. The third kappa shape index (κ3) is 4.00. The van der Waals surface area contributed by atoms with E-state index in [4.69, 9.17) is 4.74 Å². The van der Waals surface area contributed by atoms with Gasteiger partial charge in [-0.15, -0.1) is 0 Å². The molecule has 5 nitrogen and oxygen atoms in total. The predicted molar refractivity (Wildman–Crippen MR) is 77.9 cm³/mol. The third-order valence-electron chi connectivity index (χ3n) is 3.71. The van der Waals surface area contributed by atoms with E-state index in [1.165, 1.54) is 12.1 Å². The zero-order valence-electron chi connectivity index (χ0n) is 12.2. The van der Waals surface area contributed by atoms with Gasteiger partial charge in [0.25, 0.3) is 0 Å². The average Bonchev–Trinajstić information content (AvgIpc) is 2.85. The van der Waals surface area contributed by atoms with Crippen molar-refractivity contribution in [1.82, 2.24) is 10.0 Å². The summed E-state index contributed by atoms with van der Waals surface area (Å²) >= 11 is 0. The molecule has 1 aromatic rings. The fraction of sp³-hybridized carbons (Fsp3) is 0.571. The molecule has 0 saturated heterocycles. The first-order valence-corrected chi connectivity index (χ1v) is 8.42. The summed E-state index contributed by atoms with van der Waals surface area (Å²) in [5.74, 6) is -0.725. The minimum absolute atomic E-state index is 0.0700. The van der Waals surface area contributed by atoms with Gasteiger partial charge in [0.1, 0.15) is 10.7 Å². The largest absolute Gasteiger partial charge is 0.381 e. The number of benzene rings is 1. The van der Waals surface area contributed by atoms with Crippen LogP contribution in [0.3, 0.4) is 0 Å². The maximum Gasteiger partial charge on any atom is 0.243 e.